The van der Waals surface area contributed by atoms with Gasteiger partial charge in [0.15, 0.2) is 0 Å². The zero-order valence-electron chi connectivity index (χ0n) is 15.7. The van der Waals surface area contributed by atoms with Crippen LogP contribution in [-0.2, 0) is 17.9 Å². The number of hydrogen-bond acceptors (Lipinski definition) is 5. The van der Waals surface area contributed by atoms with Crippen LogP contribution in [0.4, 0.5) is 0 Å². The number of aryl methyl sites for hydroxylation is 2. The summed E-state index contributed by atoms with van der Waals surface area (Å²) in [5.41, 5.74) is 1.20. The van der Waals surface area contributed by atoms with Crippen molar-refractivity contribution in [2.24, 2.45) is 0 Å². The van der Waals surface area contributed by atoms with Gasteiger partial charge in [-0.25, -0.2) is 4.68 Å². The van der Waals surface area contributed by atoms with Gasteiger partial charge in [0.1, 0.15) is 5.82 Å². The minimum Gasteiger partial charge on any atom is -0.334 e. The molecule has 1 saturated heterocycles. The third-order valence-electron chi connectivity index (χ3n) is 5.09. The molecule has 3 rings (SSSR count). The smallest absolute Gasteiger partial charge is 0.224 e. The van der Waals surface area contributed by atoms with Crippen molar-refractivity contribution < 1.29 is 4.79 Å². The zero-order chi connectivity index (χ0) is 18.4. The van der Waals surface area contributed by atoms with Crippen molar-refractivity contribution in [3.63, 3.8) is 0 Å². The maximum atomic E-state index is 12.7. The van der Waals surface area contributed by atoms with Gasteiger partial charge >= 0.3 is 0 Å². The molecular formula is C19H28N6O. The van der Waals surface area contributed by atoms with Gasteiger partial charge < -0.3 is 9.80 Å². The van der Waals surface area contributed by atoms with Gasteiger partial charge in [0.05, 0.1) is 0 Å². The summed E-state index contributed by atoms with van der Waals surface area (Å²) < 4.78 is 1.84. The molecule has 1 fully saturated rings. The molecule has 0 aliphatic carbocycles. The Balaban J connectivity index is 1.58. The first-order valence-electron chi connectivity index (χ1n) is 9.46. The van der Waals surface area contributed by atoms with E-state index in [1.807, 2.05) is 29.8 Å². The molecule has 1 aliphatic heterocycles. The summed E-state index contributed by atoms with van der Waals surface area (Å²) >= 11 is 0. The van der Waals surface area contributed by atoms with E-state index in [9.17, 15) is 4.79 Å². The Bertz CT molecular complexity index is 701. The van der Waals surface area contributed by atoms with E-state index in [4.69, 9.17) is 0 Å². The van der Waals surface area contributed by atoms with Crippen molar-refractivity contribution in [2.45, 2.75) is 52.2 Å². The molecule has 1 aromatic carbocycles. The maximum Gasteiger partial charge on any atom is 0.224 e. The number of amides is 1. The Labute approximate surface area is 155 Å². The average molecular weight is 356 g/mol. The summed E-state index contributed by atoms with van der Waals surface area (Å²) in [6.45, 7) is 8.33. The fourth-order valence-corrected chi connectivity index (χ4v) is 3.54. The van der Waals surface area contributed by atoms with E-state index in [0.29, 0.717) is 13.0 Å². The van der Waals surface area contributed by atoms with Crippen molar-refractivity contribution in [1.82, 2.24) is 30.0 Å². The quantitative estimate of drug-likeness (QED) is 0.758. The summed E-state index contributed by atoms with van der Waals surface area (Å²) in [7, 11) is 0. The van der Waals surface area contributed by atoms with E-state index in [0.717, 1.165) is 44.8 Å². The first-order valence-corrected chi connectivity index (χ1v) is 9.46. The molecule has 0 radical (unpaired) electrons. The second-order valence-electron chi connectivity index (χ2n) is 6.92. The van der Waals surface area contributed by atoms with E-state index in [1.165, 1.54) is 5.56 Å². The SMILES string of the molecule is CC[C@H]1CN(CCCn2nnnc2C)CCC(=O)N1Cc1ccccc1. The topological polar surface area (TPSA) is 67.2 Å². The maximum absolute atomic E-state index is 12.7. The molecule has 1 atom stereocenters. The number of benzene rings is 1. The third-order valence-corrected chi connectivity index (χ3v) is 5.09. The summed E-state index contributed by atoms with van der Waals surface area (Å²) in [4.78, 5) is 17.2. The number of hydrogen-bond donors (Lipinski definition) is 0. The van der Waals surface area contributed by atoms with Gasteiger partial charge in [0, 0.05) is 38.6 Å². The lowest BCUT2D eigenvalue weighted by atomic mass is 10.1. The summed E-state index contributed by atoms with van der Waals surface area (Å²) in [5, 5.41) is 11.6. The molecule has 0 unspecified atom stereocenters. The molecule has 2 heterocycles. The third kappa shape index (κ3) is 4.66. The molecule has 0 bridgehead atoms. The van der Waals surface area contributed by atoms with E-state index >= 15 is 0 Å². The normalized spacial score (nSPS) is 18.9. The Hall–Kier alpha value is -2.28. The molecule has 7 nitrogen and oxygen atoms in total. The van der Waals surface area contributed by atoms with Gasteiger partial charge in [-0.3, -0.25) is 4.79 Å². The van der Waals surface area contributed by atoms with Crippen LogP contribution in [0.2, 0.25) is 0 Å². The van der Waals surface area contributed by atoms with Crippen molar-refractivity contribution >= 4 is 5.91 Å². The minimum atomic E-state index is 0.263. The number of aromatic nitrogens is 4. The minimum absolute atomic E-state index is 0.263. The number of rotatable bonds is 7. The summed E-state index contributed by atoms with van der Waals surface area (Å²) in [6, 6.07) is 10.5. The lowest BCUT2D eigenvalue weighted by Crippen LogP contribution is -2.42. The number of tetrazole rings is 1. The largest absolute Gasteiger partial charge is 0.334 e. The molecule has 140 valence electrons. The summed E-state index contributed by atoms with van der Waals surface area (Å²) in [6.07, 6.45) is 2.55. The van der Waals surface area contributed by atoms with Crippen LogP contribution >= 0.6 is 0 Å². The van der Waals surface area contributed by atoms with Gasteiger partial charge in [-0.1, -0.05) is 37.3 Å². The van der Waals surface area contributed by atoms with Crippen molar-refractivity contribution in [3.8, 4) is 0 Å². The predicted molar refractivity (Wildman–Crippen MR) is 99.3 cm³/mol. The number of carbonyl (C=O) groups is 1. The van der Waals surface area contributed by atoms with Crippen LogP contribution in [-0.4, -0.2) is 61.6 Å². The average Bonchev–Trinajstić information content (AvgIpc) is 3.00. The Morgan fingerprint density at radius 2 is 2.00 bits per heavy atom. The standard InChI is InChI=1S/C19H28N6O/c1-3-18-15-23(11-7-12-25-16(2)20-21-22-25)13-10-19(26)24(18)14-17-8-5-4-6-9-17/h4-6,8-9,18H,3,7,10-15H2,1-2H3/t18-/m0/s1. The van der Waals surface area contributed by atoms with Gasteiger partial charge in [0.25, 0.3) is 0 Å². The number of carbonyl (C=O) groups excluding carboxylic acids is 1. The second kappa shape index (κ2) is 8.89. The number of nitrogens with zero attached hydrogens (tertiary/aromatic N) is 6. The van der Waals surface area contributed by atoms with E-state index < -0.39 is 0 Å². The second-order valence-corrected chi connectivity index (χ2v) is 6.92. The molecule has 2 aromatic rings. The van der Waals surface area contributed by atoms with Crippen LogP contribution in [0.15, 0.2) is 30.3 Å². The molecule has 0 spiro atoms. The molecule has 0 saturated carbocycles. The highest BCUT2D eigenvalue weighted by atomic mass is 16.2. The fraction of sp³-hybridized carbons (Fsp3) is 0.579. The lowest BCUT2D eigenvalue weighted by molar-refractivity contribution is -0.133. The molecule has 7 heteroatoms. The molecule has 1 aromatic heterocycles. The Morgan fingerprint density at radius 1 is 1.19 bits per heavy atom. The molecule has 26 heavy (non-hydrogen) atoms. The van der Waals surface area contributed by atoms with Gasteiger partial charge in [-0.05, 0) is 42.3 Å². The van der Waals surface area contributed by atoms with Crippen molar-refractivity contribution in [2.75, 3.05) is 19.6 Å². The van der Waals surface area contributed by atoms with Crippen LogP contribution in [0.25, 0.3) is 0 Å². The van der Waals surface area contributed by atoms with Crippen molar-refractivity contribution in [1.29, 1.82) is 0 Å². The Kier molecular flexibility index (Phi) is 6.33. The zero-order valence-corrected chi connectivity index (χ0v) is 15.7. The highest BCUT2D eigenvalue weighted by molar-refractivity contribution is 5.77. The van der Waals surface area contributed by atoms with Crippen LogP contribution in [0.3, 0.4) is 0 Å². The lowest BCUT2D eigenvalue weighted by Gasteiger charge is -2.31. The molecule has 1 aliphatic rings. The summed E-state index contributed by atoms with van der Waals surface area (Å²) in [5.74, 6) is 1.11. The van der Waals surface area contributed by atoms with Crippen LogP contribution in [0, 0.1) is 6.92 Å². The van der Waals surface area contributed by atoms with Crippen LogP contribution in [0.1, 0.15) is 37.6 Å². The highest BCUT2D eigenvalue weighted by Gasteiger charge is 2.28. The highest BCUT2D eigenvalue weighted by Crippen LogP contribution is 2.18. The monoisotopic (exact) mass is 356 g/mol. The van der Waals surface area contributed by atoms with E-state index in [-0.39, 0.29) is 11.9 Å². The van der Waals surface area contributed by atoms with E-state index in [1.54, 1.807) is 0 Å². The van der Waals surface area contributed by atoms with Crippen LogP contribution < -0.4 is 0 Å². The Morgan fingerprint density at radius 3 is 2.69 bits per heavy atom. The molecule has 0 N–H and O–H groups in total. The van der Waals surface area contributed by atoms with Crippen LogP contribution in [0.5, 0.6) is 0 Å². The molecule has 1 amide bonds. The van der Waals surface area contributed by atoms with Crippen molar-refractivity contribution in [3.05, 3.63) is 41.7 Å². The van der Waals surface area contributed by atoms with Gasteiger partial charge in [-0.2, -0.15) is 0 Å². The van der Waals surface area contributed by atoms with E-state index in [2.05, 4.69) is 44.4 Å². The molecular weight excluding hydrogens is 328 g/mol. The first-order chi connectivity index (χ1) is 12.7. The van der Waals surface area contributed by atoms with Gasteiger partial charge in [-0.15, -0.1) is 5.10 Å². The first kappa shape index (κ1) is 18.5. The fourth-order valence-electron chi connectivity index (χ4n) is 3.54. The predicted octanol–water partition coefficient (Wildman–Crippen LogP) is 1.88. The van der Waals surface area contributed by atoms with Gasteiger partial charge in [0.2, 0.25) is 5.91 Å².